The summed E-state index contributed by atoms with van der Waals surface area (Å²) in [4.78, 5) is 12.8. The quantitative estimate of drug-likeness (QED) is 0.727. The van der Waals surface area contributed by atoms with Gasteiger partial charge in [-0.05, 0) is 49.7 Å². The molecule has 9 heteroatoms. The largest absolute Gasteiger partial charge is 0.343 e. The maximum absolute atomic E-state index is 12.8. The van der Waals surface area contributed by atoms with E-state index in [0.717, 1.165) is 9.87 Å². The Balaban J connectivity index is 2.38. The summed E-state index contributed by atoms with van der Waals surface area (Å²) in [6.07, 6.45) is 0. The van der Waals surface area contributed by atoms with Gasteiger partial charge in [-0.1, -0.05) is 40.9 Å². The summed E-state index contributed by atoms with van der Waals surface area (Å²) >= 11 is 18.1. The number of sulfonamides is 1. The van der Waals surface area contributed by atoms with Crippen LogP contribution in [0.1, 0.15) is 29.8 Å². The number of carbonyl (C=O) groups is 1. The smallest absolute Gasteiger partial charge is 0.253 e. The van der Waals surface area contributed by atoms with Crippen molar-refractivity contribution in [2.45, 2.75) is 24.3 Å². The summed E-state index contributed by atoms with van der Waals surface area (Å²) in [5.74, 6) is -0.508. The minimum Gasteiger partial charge on any atom is -0.343 e. The van der Waals surface area contributed by atoms with Gasteiger partial charge in [-0.15, -0.1) is 0 Å². The Labute approximate surface area is 174 Å². The van der Waals surface area contributed by atoms with Crippen LogP contribution in [0.4, 0.5) is 0 Å². The molecular formula is C18H19Cl3N2O3S. The second-order valence-corrected chi connectivity index (χ2v) is 10.0. The summed E-state index contributed by atoms with van der Waals surface area (Å²) in [7, 11) is -0.866. The Morgan fingerprint density at radius 1 is 0.963 bits per heavy atom. The Bertz CT molecular complexity index is 989. The zero-order valence-corrected chi connectivity index (χ0v) is 18.3. The number of carbonyl (C=O) groups excluding carboxylic acids is 1. The zero-order valence-electron chi connectivity index (χ0n) is 15.2. The number of rotatable bonds is 5. The fourth-order valence-electron chi connectivity index (χ4n) is 2.36. The molecule has 27 heavy (non-hydrogen) atoms. The highest BCUT2D eigenvalue weighted by atomic mass is 35.5. The van der Waals surface area contributed by atoms with E-state index in [9.17, 15) is 13.2 Å². The van der Waals surface area contributed by atoms with Gasteiger partial charge in [0.2, 0.25) is 10.0 Å². The number of nitrogens with one attached hydrogen (secondary N) is 1. The van der Waals surface area contributed by atoms with Gasteiger partial charge < -0.3 is 5.32 Å². The normalized spacial score (nSPS) is 12.3. The van der Waals surface area contributed by atoms with Crippen LogP contribution in [-0.4, -0.2) is 32.7 Å². The monoisotopic (exact) mass is 448 g/mol. The summed E-state index contributed by atoms with van der Waals surface area (Å²) < 4.78 is 25.7. The van der Waals surface area contributed by atoms with Gasteiger partial charge in [-0.3, -0.25) is 4.79 Å². The molecule has 5 nitrogen and oxygen atoms in total. The number of hydrogen-bond donors (Lipinski definition) is 1. The number of hydrogen-bond acceptors (Lipinski definition) is 3. The third-order valence-corrected chi connectivity index (χ3v) is 6.91. The van der Waals surface area contributed by atoms with E-state index >= 15 is 0 Å². The second kappa shape index (κ2) is 7.97. The molecule has 0 saturated heterocycles. The molecule has 146 valence electrons. The fraction of sp³-hybridized carbons (Fsp3) is 0.278. The molecular weight excluding hydrogens is 431 g/mol. The van der Waals surface area contributed by atoms with Crippen molar-refractivity contribution in [3.8, 4) is 0 Å². The molecule has 0 fully saturated rings. The van der Waals surface area contributed by atoms with Crippen LogP contribution in [0.3, 0.4) is 0 Å². The number of nitrogens with zero attached hydrogens (tertiary/aromatic N) is 1. The van der Waals surface area contributed by atoms with Crippen LogP contribution in [0.25, 0.3) is 0 Å². The van der Waals surface area contributed by atoms with E-state index in [0.29, 0.717) is 10.0 Å². The van der Waals surface area contributed by atoms with Crippen molar-refractivity contribution in [1.29, 1.82) is 0 Å². The van der Waals surface area contributed by atoms with E-state index in [1.54, 1.807) is 32.0 Å². The van der Waals surface area contributed by atoms with Crippen LogP contribution < -0.4 is 5.32 Å². The lowest BCUT2D eigenvalue weighted by molar-refractivity contribution is 0.0912. The first-order chi connectivity index (χ1) is 12.4. The number of benzene rings is 2. The highest BCUT2D eigenvalue weighted by Crippen LogP contribution is 2.29. The SMILES string of the molecule is CN(C)S(=O)(=O)c1ccc(Cl)c(C(=O)NC(C)(C)c2ccc(Cl)c(Cl)c2)c1. The van der Waals surface area contributed by atoms with Crippen molar-refractivity contribution in [2.75, 3.05) is 14.1 Å². The molecule has 1 N–H and O–H groups in total. The van der Waals surface area contributed by atoms with E-state index in [-0.39, 0.29) is 15.5 Å². The van der Waals surface area contributed by atoms with Crippen molar-refractivity contribution in [3.05, 3.63) is 62.6 Å². The fourth-order valence-corrected chi connectivity index (χ4v) is 3.79. The minimum absolute atomic E-state index is 0.0191. The first-order valence-electron chi connectivity index (χ1n) is 7.86. The third kappa shape index (κ3) is 4.76. The molecule has 0 atom stereocenters. The van der Waals surface area contributed by atoms with Crippen LogP contribution in [0, 0.1) is 0 Å². The highest BCUT2D eigenvalue weighted by molar-refractivity contribution is 7.89. The molecule has 2 aromatic rings. The first-order valence-corrected chi connectivity index (χ1v) is 10.4. The van der Waals surface area contributed by atoms with Gasteiger partial charge in [0.05, 0.1) is 31.1 Å². The Hall–Kier alpha value is -1.31. The average molecular weight is 450 g/mol. The van der Waals surface area contributed by atoms with E-state index in [1.165, 1.54) is 32.3 Å². The molecule has 0 heterocycles. The number of amides is 1. The molecule has 2 aromatic carbocycles. The van der Waals surface area contributed by atoms with Crippen LogP contribution in [-0.2, 0) is 15.6 Å². The molecule has 0 radical (unpaired) electrons. The molecule has 0 bridgehead atoms. The summed E-state index contributed by atoms with van der Waals surface area (Å²) in [6, 6.07) is 9.07. The lowest BCUT2D eigenvalue weighted by Gasteiger charge is -2.27. The molecule has 0 aromatic heterocycles. The van der Waals surface area contributed by atoms with Crippen molar-refractivity contribution in [1.82, 2.24) is 9.62 Å². The Morgan fingerprint density at radius 3 is 2.11 bits per heavy atom. The van der Waals surface area contributed by atoms with Gasteiger partial charge >= 0.3 is 0 Å². The first kappa shape index (κ1) is 22.0. The van der Waals surface area contributed by atoms with Crippen molar-refractivity contribution in [3.63, 3.8) is 0 Å². The zero-order chi connectivity index (χ0) is 20.6. The predicted molar refractivity (Wildman–Crippen MR) is 109 cm³/mol. The third-order valence-electron chi connectivity index (χ3n) is 4.03. The Morgan fingerprint density at radius 2 is 1.56 bits per heavy atom. The van der Waals surface area contributed by atoms with Crippen LogP contribution in [0.2, 0.25) is 15.1 Å². The van der Waals surface area contributed by atoms with Gasteiger partial charge in [-0.2, -0.15) is 0 Å². The topological polar surface area (TPSA) is 66.5 Å². The molecule has 0 spiro atoms. The standard InChI is InChI=1S/C18H19Cl3N2O3S/c1-18(2,11-5-7-15(20)16(21)9-11)22-17(24)13-10-12(6-8-14(13)19)27(25,26)23(3)4/h5-10H,1-4H3,(H,22,24). The van der Waals surface area contributed by atoms with Crippen molar-refractivity contribution < 1.29 is 13.2 Å². The van der Waals surface area contributed by atoms with Crippen molar-refractivity contribution >= 4 is 50.7 Å². The van der Waals surface area contributed by atoms with E-state index in [1.807, 2.05) is 0 Å². The summed E-state index contributed by atoms with van der Waals surface area (Å²) in [6.45, 7) is 3.58. The minimum atomic E-state index is -3.69. The van der Waals surface area contributed by atoms with Crippen LogP contribution >= 0.6 is 34.8 Å². The van der Waals surface area contributed by atoms with E-state index < -0.39 is 21.5 Å². The lowest BCUT2D eigenvalue weighted by atomic mass is 9.94. The van der Waals surface area contributed by atoms with E-state index in [2.05, 4.69) is 5.32 Å². The molecule has 2 rings (SSSR count). The van der Waals surface area contributed by atoms with Gasteiger partial charge in [0.25, 0.3) is 5.91 Å². The summed E-state index contributed by atoms with van der Waals surface area (Å²) in [5, 5.41) is 3.78. The molecule has 1 amide bonds. The molecule has 0 saturated carbocycles. The van der Waals surface area contributed by atoms with Gasteiger partial charge in [0.15, 0.2) is 0 Å². The molecule has 0 aliphatic heterocycles. The lowest BCUT2D eigenvalue weighted by Crippen LogP contribution is -2.41. The Kier molecular flexibility index (Phi) is 6.49. The van der Waals surface area contributed by atoms with E-state index in [4.69, 9.17) is 34.8 Å². The molecule has 0 aliphatic carbocycles. The molecule has 0 aliphatic rings. The average Bonchev–Trinajstić information content (AvgIpc) is 2.56. The maximum Gasteiger partial charge on any atom is 0.253 e. The van der Waals surface area contributed by atoms with Crippen LogP contribution in [0.5, 0.6) is 0 Å². The predicted octanol–water partition coefficient (Wildman–Crippen LogP) is 4.56. The van der Waals surface area contributed by atoms with Crippen LogP contribution in [0.15, 0.2) is 41.3 Å². The number of halogens is 3. The maximum atomic E-state index is 12.8. The molecule has 0 unspecified atom stereocenters. The second-order valence-electron chi connectivity index (χ2n) is 6.64. The highest BCUT2D eigenvalue weighted by Gasteiger charge is 2.27. The van der Waals surface area contributed by atoms with Crippen molar-refractivity contribution in [2.24, 2.45) is 0 Å². The summed E-state index contributed by atoms with van der Waals surface area (Å²) in [5.41, 5.74) is -0.00315. The van der Waals surface area contributed by atoms with Gasteiger partial charge in [-0.25, -0.2) is 12.7 Å². The van der Waals surface area contributed by atoms with Gasteiger partial charge in [0, 0.05) is 14.1 Å². The van der Waals surface area contributed by atoms with Gasteiger partial charge in [0.1, 0.15) is 0 Å².